The van der Waals surface area contributed by atoms with Gasteiger partial charge >= 0.3 is 0 Å². The van der Waals surface area contributed by atoms with E-state index in [1.54, 1.807) is 0 Å². The van der Waals surface area contributed by atoms with Crippen molar-refractivity contribution in [1.29, 1.82) is 0 Å². The normalized spacial score (nSPS) is 11.8. The smallest absolute Gasteiger partial charge is 0.126 e. The highest BCUT2D eigenvalue weighted by molar-refractivity contribution is 7.81. The van der Waals surface area contributed by atoms with Crippen LogP contribution in [0.5, 0.6) is 0 Å². The molecule has 24 heavy (non-hydrogen) atoms. The van der Waals surface area contributed by atoms with Crippen LogP contribution in [0.2, 0.25) is 0 Å². The number of benzene rings is 2. The van der Waals surface area contributed by atoms with Crippen molar-refractivity contribution in [3.63, 3.8) is 0 Å². The van der Waals surface area contributed by atoms with Crippen molar-refractivity contribution in [3.05, 3.63) is 71.8 Å². The Bertz CT molecular complexity index is 701. The molecule has 2 aromatic rings. The lowest BCUT2D eigenvalue weighted by molar-refractivity contribution is 1.03. The Morgan fingerprint density at radius 3 is 1.33 bits per heavy atom. The zero-order valence-electron chi connectivity index (χ0n) is 13.5. The first-order chi connectivity index (χ1) is 11.6. The summed E-state index contributed by atoms with van der Waals surface area (Å²) in [5, 5.41) is 8.52. The fourth-order valence-corrected chi connectivity index (χ4v) is 2.10. The maximum atomic E-state index is 5.30. The molecule has 122 valence electrons. The second kappa shape index (κ2) is 9.00. The van der Waals surface area contributed by atoms with Gasteiger partial charge in [-0.25, -0.2) is 0 Å². The maximum Gasteiger partial charge on any atom is 0.126 e. The molecule has 0 atom stereocenters. The third-order valence-electron chi connectivity index (χ3n) is 3.25. The molecule has 0 amide bonds. The van der Waals surface area contributed by atoms with Crippen LogP contribution in [0.15, 0.2) is 70.9 Å². The lowest BCUT2D eigenvalue weighted by Gasteiger charge is -2.06. The number of hydrogen-bond acceptors (Lipinski definition) is 4. The Hall–Kier alpha value is -2.44. The molecular formula is C18H18N4S2. The fourth-order valence-electron chi connectivity index (χ4n) is 1.74. The molecule has 0 aliphatic rings. The van der Waals surface area contributed by atoms with Gasteiger partial charge in [-0.15, -0.1) is 0 Å². The van der Waals surface area contributed by atoms with E-state index in [1.165, 1.54) is 0 Å². The van der Waals surface area contributed by atoms with Gasteiger partial charge in [0.05, 0.1) is 11.4 Å². The molecular weight excluding hydrogens is 336 g/mol. The van der Waals surface area contributed by atoms with Crippen LogP contribution in [0.4, 0.5) is 0 Å². The Labute approximate surface area is 152 Å². The zero-order chi connectivity index (χ0) is 17.4. The number of thiocarbonyl (C=S) groups is 2. The quantitative estimate of drug-likeness (QED) is 0.489. The summed E-state index contributed by atoms with van der Waals surface area (Å²) in [5.74, 6) is 0. The summed E-state index contributed by atoms with van der Waals surface area (Å²) in [5.41, 5.74) is 9.03. The summed E-state index contributed by atoms with van der Waals surface area (Å²) in [6, 6.07) is 19.3. The second-order valence-electron chi connectivity index (χ2n) is 5.01. The van der Waals surface area contributed by atoms with Gasteiger partial charge < -0.3 is 0 Å². The lowest BCUT2D eigenvalue weighted by Crippen LogP contribution is -2.23. The SMILES string of the molecule is CC(=N\NC(=S)c1ccccc1)/C(C)=N/NC(=S)c1ccccc1. The molecule has 0 fully saturated rings. The van der Waals surface area contributed by atoms with Crippen LogP contribution in [0.1, 0.15) is 25.0 Å². The van der Waals surface area contributed by atoms with Gasteiger partial charge in [-0.1, -0.05) is 85.1 Å². The molecule has 0 saturated carbocycles. The van der Waals surface area contributed by atoms with Crippen LogP contribution in [0, 0.1) is 0 Å². The Kier molecular flexibility index (Phi) is 6.72. The predicted octanol–water partition coefficient (Wildman–Crippen LogP) is 3.67. The average Bonchev–Trinajstić information content (AvgIpc) is 2.64. The molecule has 0 spiro atoms. The minimum atomic E-state index is 0.565. The van der Waals surface area contributed by atoms with Crippen molar-refractivity contribution in [2.45, 2.75) is 13.8 Å². The van der Waals surface area contributed by atoms with Crippen molar-refractivity contribution in [2.75, 3.05) is 0 Å². The Balaban J connectivity index is 1.94. The number of nitrogens with zero attached hydrogens (tertiary/aromatic N) is 2. The van der Waals surface area contributed by atoms with E-state index in [2.05, 4.69) is 21.1 Å². The van der Waals surface area contributed by atoms with Gasteiger partial charge in [0.2, 0.25) is 0 Å². The summed E-state index contributed by atoms with van der Waals surface area (Å²) < 4.78 is 0. The molecule has 0 bridgehead atoms. The highest BCUT2D eigenvalue weighted by Gasteiger charge is 2.02. The van der Waals surface area contributed by atoms with E-state index in [1.807, 2.05) is 74.5 Å². The molecule has 6 heteroatoms. The first-order valence-electron chi connectivity index (χ1n) is 7.37. The summed E-state index contributed by atoms with van der Waals surface area (Å²) in [6.45, 7) is 3.71. The first-order valence-corrected chi connectivity index (χ1v) is 8.19. The van der Waals surface area contributed by atoms with Crippen molar-refractivity contribution in [1.82, 2.24) is 10.9 Å². The van der Waals surface area contributed by atoms with E-state index in [-0.39, 0.29) is 0 Å². The van der Waals surface area contributed by atoms with Crippen molar-refractivity contribution in [3.8, 4) is 0 Å². The van der Waals surface area contributed by atoms with Crippen molar-refractivity contribution >= 4 is 45.8 Å². The predicted molar refractivity (Wildman–Crippen MR) is 109 cm³/mol. The number of rotatable bonds is 5. The van der Waals surface area contributed by atoms with Crippen LogP contribution >= 0.6 is 24.4 Å². The molecule has 2 aromatic carbocycles. The van der Waals surface area contributed by atoms with E-state index in [4.69, 9.17) is 24.4 Å². The van der Waals surface area contributed by atoms with Gasteiger partial charge in [0.1, 0.15) is 9.98 Å². The maximum absolute atomic E-state index is 5.30. The third-order valence-corrected chi connectivity index (χ3v) is 3.90. The molecule has 0 aromatic heterocycles. The van der Waals surface area contributed by atoms with Crippen LogP contribution in [0.3, 0.4) is 0 Å². The van der Waals surface area contributed by atoms with Gasteiger partial charge in [0, 0.05) is 11.1 Å². The largest absolute Gasteiger partial charge is 0.267 e. The zero-order valence-corrected chi connectivity index (χ0v) is 15.1. The first kappa shape index (κ1) is 17.9. The number of hydrazone groups is 2. The van der Waals surface area contributed by atoms with E-state index in [0.29, 0.717) is 9.98 Å². The molecule has 2 N–H and O–H groups in total. The lowest BCUT2D eigenvalue weighted by atomic mass is 10.2. The highest BCUT2D eigenvalue weighted by Crippen LogP contribution is 2.00. The number of nitrogens with one attached hydrogen (secondary N) is 2. The van der Waals surface area contributed by atoms with Gasteiger partial charge in [-0.2, -0.15) is 10.2 Å². The number of hydrogen-bond donors (Lipinski definition) is 2. The Morgan fingerprint density at radius 2 is 1.00 bits per heavy atom. The minimum Gasteiger partial charge on any atom is -0.267 e. The highest BCUT2D eigenvalue weighted by atomic mass is 32.1. The average molecular weight is 355 g/mol. The van der Waals surface area contributed by atoms with Gasteiger partial charge in [-0.05, 0) is 13.8 Å². The molecule has 2 rings (SSSR count). The Morgan fingerprint density at radius 1 is 0.667 bits per heavy atom. The van der Waals surface area contributed by atoms with Crippen LogP contribution < -0.4 is 10.9 Å². The van der Waals surface area contributed by atoms with Crippen LogP contribution in [-0.4, -0.2) is 21.4 Å². The molecule has 0 aliphatic carbocycles. The summed E-state index contributed by atoms with van der Waals surface area (Å²) in [6.07, 6.45) is 0. The topological polar surface area (TPSA) is 48.8 Å². The van der Waals surface area contributed by atoms with Crippen LogP contribution in [-0.2, 0) is 0 Å². The van der Waals surface area contributed by atoms with E-state index in [9.17, 15) is 0 Å². The van der Waals surface area contributed by atoms with Crippen LogP contribution in [0.25, 0.3) is 0 Å². The molecule has 0 heterocycles. The molecule has 0 saturated heterocycles. The molecule has 0 aliphatic heterocycles. The van der Waals surface area contributed by atoms with E-state index in [0.717, 1.165) is 22.6 Å². The minimum absolute atomic E-state index is 0.565. The molecule has 0 radical (unpaired) electrons. The molecule has 4 nitrogen and oxygen atoms in total. The van der Waals surface area contributed by atoms with Crippen molar-refractivity contribution < 1.29 is 0 Å². The van der Waals surface area contributed by atoms with Crippen molar-refractivity contribution in [2.24, 2.45) is 10.2 Å². The van der Waals surface area contributed by atoms with Gasteiger partial charge in [0.15, 0.2) is 0 Å². The summed E-state index contributed by atoms with van der Waals surface area (Å²) >= 11 is 10.6. The van der Waals surface area contributed by atoms with E-state index < -0.39 is 0 Å². The fraction of sp³-hybridized carbons (Fsp3) is 0.111. The second-order valence-corrected chi connectivity index (χ2v) is 5.82. The standard InChI is InChI=1S/C18H18N4S2/c1-13(19-21-17(23)15-9-5-3-6-10-15)14(2)20-22-18(24)16-11-7-4-8-12-16/h3-12H,1-2H3,(H,21,23)(H,22,24)/b19-13+,20-14+. The van der Waals surface area contributed by atoms with Gasteiger partial charge in [0.25, 0.3) is 0 Å². The third kappa shape index (κ3) is 5.33. The molecule has 0 unspecified atom stereocenters. The monoisotopic (exact) mass is 354 g/mol. The summed E-state index contributed by atoms with van der Waals surface area (Å²) in [7, 11) is 0. The van der Waals surface area contributed by atoms with E-state index >= 15 is 0 Å². The summed E-state index contributed by atoms with van der Waals surface area (Å²) in [4.78, 5) is 1.13. The van der Waals surface area contributed by atoms with Gasteiger partial charge in [-0.3, -0.25) is 10.9 Å².